The van der Waals surface area contributed by atoms with Crippen molar-refractivity contribution >= 4 is 11.9 Å². The molecule has 24 heavy (non-hydrogen) atoms. The molecule has 1 aromatic rings. The van der Waals surface area contributed by atoms with Gasteiger partial charge in [0.05, 0.1) is 6.04 Å². The monoisotopic (exact) mass is 333 g/mol. The maximum atomic E-state index is 12.6. The van der Waals surface area contributed by atoms with E-state index in [2.05, 4.69) is 31.3 Å². The summed E-state index contributed by atoms with van der Waals surface area (Å²) in [7, 11) is 0. The molecular formula is C19H27NO4. The molecule has 2 rings (SSSR count). The third-order valence-electron chi connectivity index (χ3n) is 4.66. The zero-order valence-electron chi connectivity index (χ0n) is 14.7. The van der Waals surface area contributed by atoms with E-state index < -0.39 is 17.3 Å². The normalized spacial score (nSPS) is 18.2. The van der Waals surface area contributed by atoms with Gasteiger partial charge in [0.1, 0.15) is 0 Å². The van der Waals surface area contributed by atoms with E-state index >= 15 is 0 Å². The van der Waals surface area contributed by atoms with Gasteiger partial charge in [-0.2, -0.15) is 0 Å². The van der Waals surface area contributed by atoms with Gasteiger partial charge >= 0.3 is 5.97 Å². The van der Waals surface area contributed by atoms with E-state index in [1.807, 2.05) is 19.1 Å². The van der Waals surface area contributed by atoms with Gasteiger partial charge in [-0.05, 0) is 43.2 Å². The number of ether oxygens (including phenoxy) is 1. The first-order chi connectivity index (χ1) is 11.3. The van der Waals surface area contributed by atoms with E-state index in [1.165, 1.54) is 5.56 Å². The number of hydrogen-bond acceptors (Lipinski definition) is 3. The van der Waals surface area contributed by atoms with Crippen LogP contribution in [0, 0.1) is 11.3 Å². The Morgan fingerprint density at radius 1 is 1.17 bits per heavy atom. The Labute approximate surface area is 143 Å². The van der Waals surface area contributed by atoms with E-state index in [4.69, 9.17) is 4.74 Å². The maximum Gasteiger partial charge on any atom is 0.319 e. The number of carbonyl (C=O) groups is 2. The highest BCUT2D eigenvalue weighted by Gasteiger charge is 2.47. The lowest BCUT2D eigenvalue weighted by Gasteiger charge is -2.32. The van der Waals surface area contributed by atoms with Crippen LogP contribution in [0.15, 0.2) is 24.3 Å². The quantitative estimate of drug-likeness (QED) is 0.785. The second kappa shape index (κ2) is 7.79. The number of carboxylic acids is 1. The molecule has 1 aliphatic heterocycles. The van der Waals surface area contributed by atoms with Crippen LogP contribution in [0.5, 0.6) is 0 Å². The lowest BCUT2D eigenvalue weighted by Crippen LogP contribution is -2.50. The smallest absolute Gasteiger partial charge is 0.319 e. The van der Waals surface area contributed by atoms with Crippen molar-refractivity contribution in [1.82, 2.24) is 5.32 Å². The molecular weight excluding hydrogens is 306 g/mol. The minimum atomic E-state index is -1.37. The van der Waals surface area contributed by atoms with Gasteiger partial charge in [0.15, 0.2) is 5.41 Å². The fraction of sp³-hybridized carbons (Fsp3) is 0.579. The Hall–Kier alpha value is -1.88. The lowest BCUT2D eigenvalue weighted by molar-refractivity contribution is -0.162. The molecule has 0 spiro atoms. The van der Waals surface area contributed by atoms with Gasteiger partial charge in [0, 0.05) is 13.2 Å². The van der Waals surface area contributed by atoms with Gasteiger partial charge in [0.25, 0.3) is 0 Å². The van der Waals surface area contributed by atoms with E-state index in [9.17, 15) is 14.7 Å². The van der Waals surface area contributed by atoms with Crippen molar-refractivity contribution in [1.29, 1.82) is 0 Å². The topological polar surface area (TPSA) is 75.6 Å². The highest BCUT2D eigenvalue weighted by molar-refractivity contribution is 6.02. The number of benzene rings is 1. The summed E-state index contributed by atoms with van der Waals surface area (Å²) in [5, 5.41) is 12.4. The van der Waals surface area contributed by atoms with Crippen LogP contribution in [0.3, 0.4) is 0 Å². The molecule has 5 nitrogen and oxygen atoms in total. The van der Waals surface area contributed by atoms with Gasteiger partial charge in [-0.3, -0.25) is 9.59 Å². The fourth-order valence-electron chi connectivity index (χ4n) is 3.09. The molecule has 1 heterocycles. The van der Waals surface area contributed by atoms with Gasteiger partial charge in [0.2, 0.25) is 5.91 Å². The molecule has 0 bridgehead atoms. The lowest BCUT2D eigenvalue weighted by atomic mass is 9.79. The number of carboxylic acid groups (broad SMARTS) is 1. The van der Waals surface area contributed by atoms with Crippen molar-refractivity contribution in [2.75, 3.05) is 13.2 Å². The highest BCUT2D eigenvalue weighted by atomic mass is 16.5. The molecule has 1 aliphatic rings. The van der Waals surface area contributed by atoms with E-state index in [-0.39, 0.29) is 18.9 Å². The fourth-order valence-corrected chi connectivity index (χ4v) is 3.09. The van der Waals surface area contributed by atoms with Crippen LogP contribution in [0.1, 0.15) is 50.8 Å². The zero-order chi connectivity index (χ0) is 17.7. The van der Waals surface area contributed by atoms with Crippen molar-refractivity contribution in [3.8, 4) is 0 Å². The molecule has 1 amide bonds. The number of amides is 1. The molecule has 1 saturated heterocycles. The average Bonchev–Trinajstić information content (AvgIpc) is 2.55. The molecule has 0 radical (unpaired) electrons. The Balaban J connectivity index is 2.06. The number of nitrogens with one attached hydrogen (secondary N) is 1. The van der Waals surface area contributed by atoms with Crippen LogP contribution >= 0.6 is 0 Å². The number of carbonyl (C=O) groups excluding carboxylic acids is 1. The maximum absolute atomic E-state index is 12.6. The first-order valence-corrected chi connectivity index (χ1v) is 8.56. The van der Waals surface area contributed by atoms with Gasteiger partial charge in [-0.1, -0.05) is 38.1 Å². The third-order valence-corrected chi connectivity index (χ3v) is 4.66. The largest absolute Gasteiger partial charge is 0.480 e. The van der Waals surface area contributed by atoms with Crippen molar-refractivity contribution < 1.29 is 19.4 Å². The molecule has 1 atom stereocenters. The second-order valence-corrected chi connectivity index (χ2v) is 7.03. The highest BCUT2D eigenvalue weighted by Crippen LogP contribution is 2.32. The van der Waals surface area contributed by atoms with Crippen molar-refractivity contribution in [3.63, 3.8) is 0 Å². The van der Waals surface area contributed by atoms with Crippen LogP contribution in [0.25, 0.3) is 0 Å². The Kier molecular flexibility index (Phi) is 5.99. The molecule has 1 unspecified atom stereocenters. The Morgan fingerprint density at radius 2 is 1.75 bits per heavy atom. The summed E-state index contributed by atoms with van der Waals surface area (Å²) in [5.41, 5.74) is 0.867. The van der Waals surface area contributed by atoms with Gasteiger partial charge in [-0.15, -0.1) is 0 Å². The van der Waals surface area contributed by atoms with Crippen LogP contribution in [0.2, 0.25) is 0 Å². The molecule has 2 N–H and O–H groups in total. The van der Waals surface area contributed by atoms with Crippen LogP contribution in [-0.2, 0) is 20.7 Å². The summed E-state index contributed by atoms with van der Waals surface area (Å²) in [6.07, 6.45) is 1.45. The molecule has 0 aliphatic carbocycles. The van der Waals surface area contributed by atoms with Crippen molar-refractivity contribution in [2.24, 2.45) is 11.3 Å². The van der Waals surface area contributed by atoms with Gasteiger partial charge < -0.3 is 15.2 Å². The van der Waals surface area contributed by atoms with E-state index in [0.717, 1.165) is 12.0 Å². The summed E-state index contributed by atoms with van der Waals surface area (Å²) in [5.74, 6) is -0.892. The van der Waals surface area contributed by atoms with Crippen molar-refractivity contribution in [2.45, 2.75) is 46.1 Å². The Morgan fingerprint density at radius 3 is 2.25 bits per heavy atom. The summed E-state index contributed by atoms with van der Waals surface area (Å²) in [4.78, 5) is 24.3. The SMILES string of the molecule is CC(C)Cc1ccc(C(C)NC(=O)C2(C(=O)O)CCOCC2)cc1. The molecule has 0 aromatic heterocycles. The first-order valence-electron chi connectivity index (χ1n) is 8.56. The van der Waals surface area contributed by atoms with Crippen LogP contribution in [0.4, 0.5) is 0 Å². The van der Waals surface area contributed by atoms with Crippen LogP contribution < -0.4 is 5.32 Å². The zero-order valence-corrected chi connectivity index (χ0v) is 14.7. The van der Waals surface area contributed by atoms with Gasteiger partial charge in [-0.25, -0.2) is 0 Å². The summed E-state index contributed by atoms with van der Waals surface area (Å²) in [6.45, 7) is 6.84. The predicted octanol–water partition coefficient (Wildman–Crippen LogP) is 2.94. The molecule has 132 valence electrons. The first kappa shape index (κ1) is 18.5. The van der Waals surface area contributed by atoms with E-state index in [0.29, 0.717) is 19.1 Å². The molecule has 1 fully saturated rings. The summed E-state index contributed by atoms with van der Waals surface area (Å²) < 4.78 is 5.22. The van der Waals surface area contributed by atoms with Crippen LogP contribution in [-0.4, -0.2) is 30.2 Å². The minimum absolute atomic E-state index is 0.216. The number of aliphatic carboxylic acids is 1. The number of rotatable bonds is 6. The third kappa shape index (κ3) is 4.15. The molecule has 0 saturated carbocycles. The van der Waals surface area contributed by atoms with E-state index in [1.54, 1.807) is 0 Å². The summed E-state index contributed by atoms with van der Waals surface area (Å²) in [6, 6.07) is 7.91. The minimum Gasteiger partial charge on any atom is -0.480 e. The second-order valence-electron chi connectivity index (χ2n) is 7.03. The average molecular weight is 333 g/mol. The number of hydrogen-bond donors (Lipinski definition) is 2. The Bertz CT molecular complexity index is 574. The summed E-state index contributed by atoms with van der Waals surface area (Å²) >= 11 is 0. The molecule has 5 heteroatoms. The predicted molar refractivity (Wildman–Crippen MR) is 91.7 cm³/mol. The standard InChI is InChI=1S/C19H27NO4/c1-13(2)12-15-4-6-16(7-5-15)14(3)20-17(21)19(18(22)23)8-10-24-11-9-19/h4-7,13-14H,8-12H2,1-3H3,(H,20,21)(H,22,23). The van der Waals surface area contributed by atoms with Crippen molar-refractivity contribution in [3.05, 3.63) is 35.4 Å². The molecule has 1 aromatic carbocycles.